The van der Waals surface area contributed by atoms with E-state index in [1.165, 1.54) is 6.33 Å². The minimum Gasteiger partial charge on any atom is -0.340 e. The quantitative estimate of drug-likeness (QED) is 0.757. The summed E-state index contributed by atoms with van der Waals surface area (Å²) >= 11 is 0. The van der Waals surface area contributed by atoms with E-state index in [0.29, 0.717) is 17.2 Å². The second-order valence-corrected chi connectivity index (χ2v) is 5.01. The lowest BCUT2D eigenvalue weighted by molar-refractivity contribution is 1.16. The van der Waals surface area contributed by atoms with Crippen molar-refractivity contribution in [2.24, 2.45) is 0 Å². The van der Waals surface area contributed by atoms with Gasteiger partial charge in [0.1, 0.15) is 24.0 Å². The van der Waals surface area contributed by atoms with Crippen molar-refractivity contribution >= 4 is 23.0 Å². The number of para-hydroxylation sites is 2. The minimum absolute atomic E-state index is 0.569. The highest BCUT2D eigenvalue weighted by Crippen LogP contribution is 2.22. The number of hydrogen-bond donors (Lipinski definition) is 2. The number of nitrogens with one attached hydrogen (secondary N) is 2. The van der Waals surface area contributed by atoms with Crippen LogP contribution in [0.1, 0.15) is 11.1 Å². The molecular weight excluding hydrogens is 286 g/mol. The molecule has 112 valence electrons. The molecule has 0 saturated carbocycles. The monoisotopic (exact) mass is 301 g/mol. The summed E-state index contributed by atoms with van der Waals surface area (Å²) < 4.78 is 0. The fourth-order valence-electron chi connectivity index (χ4n) is 2.17. The van der Waals surface area contributed by atoms with Crippen molar-refractivity contribution in [1.29, 1.82) is 5.26 Å². The molecule has 0 saturated heterocycles. The van der Waals surface area contributed by atoms with Gasteiger partial charge in [0.2, 0.25) is 0 Å². The van der Waals surface area contributed by atoms with E-state index < -0.39 is 0 Å². The smallest absolute Gasteiger partial charge is 0.135 e. The maximum atomic E-state index is 9.14. The van der Waals surface area contributed by atoms with Crippen LogP contribution in [0.25, 0.3) is 0 Å². The molecule has 2 aromatic carbocycles. The van der Waals surface area contributed by atoms with Crippen LogP contribution in [0.5, 0.6) is 0 Å². The summed E-state index contributed by atoms with van der Waals surface area (Å²) in [5.41, 5.74) is 3.42. The fourth-order valence-corrected chi connectivity index (χ4v) is 2.17. The van der Waals surface area contributed by atoms with E-state index in [1.807, 2.05) is 49.4 Å². The van der Waals surface area contributed by atoms with Gasteiger partial charge in [-0.2, -0.15) is 5.26 Å². The Morgan fingerprint density at radius 2 is 1.48 bits per heavy atom. The number of benzene rings is 2. The molecule has 1 aromatic heterocycles. The molecule has 0 unspecified atom stereocenters. The van der Waals surface area contributed by atoms with E-state index in [1.54, 1.807) is 12.1 Å². The number of aryl methyl sites for hydroxylation is 1. The van der Waals surface area contributed by atoms with Crippen molar-refractivity contribution in [1.82, 2.24) is 9.97 Å². The minimum atomic E-state index is 0.569. The normalized spacial score (nSPS) is 9.91. The lowest BCUT2D eigenvalue weighted by Gasteiger charge is -2.11. The third-order valence-electron chi connectivity index (χ3n) is 3.39. The van der Waals surface area contributed by atoms with Gasteiger partial charge in [0.15, 0.2) is 0 Å². The van der Waals surface area contributed by atoms with Crippen LogP contribution in [0.2, 0.25) is 0 Å². The molecule has 3 aromatic rings. The van der Waals surface area contributed by atoms with Gasteiger partial charge in [0.05, 0.1) is 11.3 Å². The lowest BCUT2D eigenvalue weighted by Crippen LogP contribution is -2.00. The molecule has 0 aliphatic rings. The van der Waals surface area contributed by atoms with Crippen LogP contribution in [-0.2, 0) is 0 Å². The molecule has 0 fully saturated rings. The number of nitrogens with zero attached hydrogens (tertiary/aromatic N) is 3. The summed E-state index contributed by atoms with van der Waals surface area (Å²) in [6, 6.07) is 19.3. The molecule has 0 atom stereocenters. The highest BCUT2D eigenvalue weighted by atomic mass is 15.1. The van der Waals surface area contributed by atoms with E-state index in [2.05, 4.69) is 26.7 Å². The average Bonchev–Trinajstić information content (AvgIpc) is 2.58. The molecule has 0 radical (unpaired) electrons. The number of aromatic nitrogens is 2. The van der Waals surface area contributed by atoms with Crippen molar-refractivity contribution in [2.75, 3.05) is 10.6 Å². The van der Waals surface area contributed by atoms with Gasteiger partial charge in [-0.05, 0) is 30.7 Å². The molecule has 2 N–H and O–H groups in total. The van der Waals surface area contributed by atoms with Crippen molar-refractivity contribution in [3.63, 3.8) is 0 Å². The van der Waals surface area contributed by atoms with Crippen molar-refractivity contribution in [3.8, 4) is 6.07 Å². The standard InChI is InChI=1S/C18H15N5/c1-13-6-2-4-8-15(13)22-17-10-18(21-12-20-17)23-16-9-5-3-7-14(16)11-19/h2-10,12H,1H3,(H2,20,21,22,23). The third kappa shape index (κ3) is 3.44. The van der Waals surface area contributed by atoms with Crippen LogP contribution in [-0.4, -0.2) is 9.97 Å². The molecule has 0 aliphatic heterocycles. The van der Waals surface area contributed by atoms with Crippen LogP contribution >= 0.6 is 0 Å². The molecule has 5 nitrogen and oxygen atoms in total. The predicted molar refractivity (Wildman–Crippen MR) is 90.9 cm³/mol. The van der Waals surface area contributed by atoms with Crippen molar-refractivity contribution < 1.29 is 0 Å². The predicted octanol–water partition coefficient (Wildman–Crippen LogP) is 4.14. The molecule has 1 heterocycles. The first-order valence-corrected chi connectivity index (χ1v) is 7.17. The summed E-state index contributed by atoms with van der Waals surface area (Å²) in [4.78, 5) is 8.44. The molecule has 3 rings (SSSR count). The number of anilines is 4. The number of rotatable bonds is 4. The van der Waals surface area contributed by atoms with Crippen LogP contribution in [0, 0.1) is 18.3 Å². The van der Waals surface area contributed by atoms with Crippen LogP contribution in [0.15, 0.2) is 60.9 Å². The largest absolute Gasteiger partial charge is 0.340 e. The Bertz CT molecular complexity index is 867. The Kier molecular flexibility index (Phi) is 4.16. The molecule has 0 spiro atoms. The highest BCUT2D eigenvalue weighted by molar-refractivity contribution is 5.67. The Morgan fingerprint density at radius 3 is 2.17 bits per heavy atom. The number of hydrogen-bond acceptors (Lipinski definition) is 5. The third-order valence-corrected chi connectivity index (χ3v) is 3.39. The van der Waals surface area contributed by atoms with Crippen LogP contribution < -0.4 is 10.6 Å². The molecule has 23 heavy (non-hydrogen) atoms. The van der Waals surface area contributed by atoms with Crippen LogP contribution in [0.4, 0.5) is 23.0 Å². The summed E-state index contributed by atoms with van der Waals surface area (Å²) in [5.74, 6) is 1.31. The maximum Gasteiger partial charge on any atom is 0.135 e. The van der Waals surface area contributed by atoms with Gasteiger partial charge in [0.25, 0.3) is 0 Å². The molecule has 0 aliphatic carbocycles. The second-order valence-electron chi connectivity index (χ2n) is 5.01. The zero-order valence-electron chi connectivity index (χ0n) is 12.6. The van der Waals surface area contributed by atoms with Gasteiger partial charge in [-0.1, -0.05) is 30.3 Å². The second kappa shape index (κ2) is 6.58. The summed E-state index contributed by atoms with van der Waals surface area (Å²) in [6.45, 7) is 2.03. The van der Waals surface area contributed by atoms with Gasteiger partial charge in [-0.25, -0.2) is 9.97 Å². The zero-order valence-corrected chi connectivity index (χ0v) is 12.6. The molecular formula is C18H15N5. The first-order chi connectivity index (χ1) is 11.3. The van der Waals surface area contributed by atoms with Crippen LogP contribution in [0.3, 0.4) is 0 Å². The van der Waals surface area contributed by atoms with E-state index in [9.17, 15) is 0 Å². The fraction of sp³-hybridized carbons (Fsp3) is 0.0556. The van der Waals surface area contributed by atoms with Gasteiger partial charge >= 0.3 is 0 Å². The first kappa shape index (κ1) is 14.5. The summed E-state index contributed by atoms with van der Waals surface area (Å²) in [5, 5.41) is 15.6. The average molecular weight is 301 g/mol. The van der Waals surface area contributed by atoms with Crippen molar-refractivity contribution in [2.45, 2.75) is 6.92 Å². The first-order valence-electron chi connectivity index (χ1n) is 7.17. The van der Waals surface area contributed by atoms with E-state index in [4.69, 9.17) is 5.26 Å². The van der Waals surface area contributed by atoms with Gasteiger partial charge in [-0.15, -0.1) is 0 Å². The molecule has 0 bridgehead atoms. The Morgan fingerprint density at radius 1 is 0.870 bits per heavy atom. The Labute approximate surface area is 134 Å². The Hall–Kier alpha value is -3.39. The summed E-state index contributed by atoms with van der Waals surface area (Å²) in [7, 11) is 0. The SMILES string of the molecule is Cc1ccccc1Nc1cc(Nc2ccccc2C#N)ncn1. The van der Waals surface area contributed by atoms with Gasteiger partial charge in [0, 0.05) is 11.8 Å². The van der Waals surface area contributed by atoms with Crippen molar-refractivity contribution in [3.05, 3.63) is 72.1 Å². The van der Waals surface area contributed by atoms with E-state index in [-0.39, 0.29) is 0 Å². The highest BCUT2D eigenvalue weighted by Gasteiger charge is 2.04. The van der Waals surface area contributed by atoms with Gasteiger partial charge in [-0.3, -0.25) is 0 Å². The Balaban J connectivity index is 1.83. The number of nitriles is 1. The summed E-state index contributed by atoms with van der Waals surface area (Å²) in [6.07, 6.45) is 1.48. The maximum absolute atomic E-state index is 9.14. The lowest BCUT2D eigenvalue weighted by atomic mass is 10.2. The zero-order chi connectivity index (χ0) is 16.1. The molecule has 0 amide bonds. The topological polar surface area (TPSA) is 73.6 Å². The van der Waals surface area contributed by atoms with Gasteiger partial charge < -0.3 is 10.6 Å². The van der Waals surface area contributed by atoms with E-state index in [0.717, 1.165) is 16.9 Å². The molecule has 5 heteroatoms. The van der Waals surface area contributed by atoms with E-state index >= 15 is 0 Å².